The number of imide groups is 2. The first kappa shape index (κ1) is 38.7. The molecule has 13 nitrogen and oxygen atoms in total. The van der Waals surface area contributed by atoms with Gasteiger partial charge < -0.3 is 14.5 Å². The lowest BCUT2D eigenvalue weighted by atomic mass is 9.49. The fourth-order valence-electron chi connectivity index (χ4n) is 10.6. The number of aromatic nitrogens is 1. The number of fused-ring (bicyclic) bond motifs is 2. The molecule has 1 atom stereocenters. The van der Waals surface area contributed by atoms with E-state index in [9.17, 15) is 29.2 Å². The van der Waals surface area contributed by atoms with Crippen molar-refractivity contribution in [3.63, 3.8) is 0 Å². The van der Waals surface area contributed by atoms with Crippen molar-refractivity contribution in [1.29, 1.82) is 5.26 Å². The van der Waals surface area contributed by atoms with Crippen LogP contribution in [0.15, 0.2) is 48.7 Å². The van der Waals surface area contributed by atoms with Crippen LogP contribution >= 0.6 is 11.6 Å². The molecule has 5 amide bonds. The molecule has 1 unspecified atom stereocenters. The summed E-state index contributed by atoms with van der Waals surface area (Å²) < 4.78 is 6.47. The van der Waals surface area contributed by atoms with Crippen LogP contribution < -0.4 is 15.0 Å². The molecule has 1 saturated carbocycles. The smallest absolute Gasteiger partial charge is 0.280 e. The monoisotopic (exact) mass is 813 g/mol. The van der Waals surface area contributed by atoms with E-state index in [1.54, 1.807) is 30.5 Å². The Hall–Kier alpha value is -5.76. The maximum atomic E-state index is 13.8. The van der Waals surface area contributed by atoms with Gasteiger partial charge in [0.15, 0.2) is 0 Å². The zero-order valence-electron chi connectivity index (χ0n) is 33.4. The second kappa shape index (κ2) is 14.2. The third kappa shape index (κ3) is 6.43. The standard InChI is InChI=1S/C45H44ClN7O6/c1-44(2)42(45(3,4)43(44)59-31-9-8-27(20-47)34(46)19-31)52-22-28-17-26(7-10-32(28)39(52)56)6-5-25-13-15-50(16-14-25)30-23-51(24-30)29-18-33-37(48-21-29)41(58)53(40(33)57)35-11-12-36(54)49-38(35)55/h7-10,17-19,21,25,30,35,42-43H,11-16,22-24H2,1-4H3,(H,49,54,55). The summed E-state index contributed by atoms with van der Waals surface area (Å²) in [7, 11) is 0. The van der Waals surface area contributed by atoms with Gasteiger partial charge in [0.25, 0.3) is 17.7 Å². The Morgan fingerprint density at radius 3 is 2.34 bits per heavy atom. The lowest BCUT2D eigenvalue weighted by Crippen LogP contribution is -2.74. The van der Waals surface area contributed by atoms with Crippen LogP contribution in [0.25, 0.3) is 0 Å². The summed E-state index contributed by atoms with van der Waals surface area (Å²) in [5.74, 6) is 5.61. The molecule has 3 saturated heterocycles. The van der Waals surface area contributed by atoms with E-state index in [1.807, 2.05) is 17.0 Å². The van der Waals surface area contributed by atoms with E-state index in [0.717, 1.165) is 66.3 Å². The number of carbonyl (C=O) groups excluding carboxylic acids is 5. The minimum Gasteiger partial charge on any atom is -0.489 e. The first-order chi connectivity index (χ1) is 28.1. The molecule has 3 aromatic rings. The molecule has 1 N–H and O–H groups in total. The lowest BCUT2D eigenvalue weighted by Gasteiger charge is -2.65. The highest BCUT2D eigenvalue weighted by Gasteiger charge is 2.67. The summed E-state index contributed by atoms with van der Waals surface area (Å²) >= 11 is 6.29. The van der Waals surface area contributed by atoms with Crippen molar-refractivity contribution in [2.75, 3.05) is 31.1 Å². The Kier molecular flexibility index (Phi) is 9.33. The van der Waals surface area contributed by atoms with Crippen molar-refractivity contribution in [2.24, 2.45) is 16.7 Å². The molecule has 6 aliphatic rings. The Labute approximate surface area is 347 Å². The maximum Gasteiger partial charge on any atom is 0.280 e. The zero-order chi connectivity index (χ0) is 41.5. The number of anilines is 1. The summed E-state index contributed by atoms with van der Waals surface area (Å²) in [6, 6.07) is 14.1. The molecule has 59 heavy (non-hydrogen) atoms. The number of benzene rings is 2. The number of nitriles is 1. The molecule has 302 valence electrons. The molecule has 14 heteroatoms. The Morgan fingerprint density at radius 1 is 0.898 bits per heavy atom. The Balaban J connectivity index is 0.777. The van der Waals surface area contributed by atoms with Crippen molar-refractivity contribution in [3.8, 4) is 23.7 Å². The van der Waals surface area contributed by atoms with Gasteiger partial charge in [-0.1, -0.05) is 51.1 Å². The van der Waals surface area contributed by atoms with Crippen molar-refractivity contribution in [2.45, 2.75) is 84.2 Å². The molecule has 0 radical (unpaired) electrons. The second-order valence-corrected chi connectivity index (χ2v) is 18.2. The lowest BCUT2D eigenvalue weighted by molar-refractivity contribution is -0.199. The fourth-order valence-corrected chi connectivity index (χ4v) is 10.9. The predicted octanol–water partition coefficient (Wildman–Crippen LogP) is 4.80. The highest BCUT2D eigenvalue weighted by Crippen LogP contribution is 2.59. The second-order valence-electron chi connectivity index (χ2n) is 17.8. The number of rotatable bonds is 6. The number of carbonyl (C=O) groups is 5. The van der Waals surface area contributed by atoms with Crippen LogP contribution in [-0.4, -0.2) is 99.6 Å². The number of ether oxygens (including phenoxy) is 1. The number of likely N-dealkylation sites (tertiary alicyclic amines) is 1. The molecule has 2 aromatic carbocycles. The van der Waals surface area contributed by atoms with Gasteiger partial charge >= 0.3 is 0 Å². The highest BCUT2D eigenvalue weighted by atomic mass is 35.5. The van der Waals surface area contributed by atoms with Gasteiger partial charge in [-0.25, -0.2) is 4.98 Å². The third-order valence-corrected chi connectivity index (χ3v) is 13.6. The summed E-state index contributed by atoms with van der Waals surface area (Å²) in [5, 5.41) is 11.8. The number of hydrogen-bond acceptors (Lipinski definition) is 10. The number of amides is 5. The molecular formula is C45H44ClN7O6. The molecule has 5 aliphatic heterocycles. The van der Waals surface area contributed by atoms with E-state index in [1.165, 1.54) is 0 Å². The van der Waals surface area contributed by atoms with Crippen LogP contribution in [0, 0.1) is 39.9 Å². The first-order valence-electron chi connectivity index (χ1n) is 20.2. The van der Waals surface area contributed by atoms with Gasteiger partial charge in [-0.05, 0) is 74.3 Å². The van der Waals surface area contributed by atoms with Gasteiger partial charge in [-0.2, -0.15) is 5.26 Å². The molecule has 1 aliphatic carbocycles. The molecule has 1 aromatic heterocycles. The zero-order valence-corrected chi connectivity index (χ0v) is 34.1. The van der Waals surface area contributed by atoms with Gasteiger partial charge in [0, 0.05) is 72.1 Å². The average Bonchev–Trinajstić information content (AvgIpc) is 3.62. The molecule has 0 spiro atoms. The van der Waals surface area contributed by atoms with Crippen LogP contribution in [0.2, 0.25) is 5.02 Å². The molecule has 4 fully saturated rings. The van der Waals surface area contributed by atoms with Crippen molar-refractivity contribution < 1.29 is 28.7 Å². The van der Waals surface area contributed by atoms with Crippen molar-refractivity contribution in [3.05, 3.63) is 87.2 Å². The van der Waals surface area contributed by atoms with Gasteiger partial charge in [0.05, 0.1) is 28.0 Å². The van der Waals surface area contributed by atoms with Crippen LogP contribution in [0.4, 0.5) is 5.69 Å². The normalized spacial score (nSPS) is 25.1. The fraction of sp³-hybridized carbons (Fsp3) is 0.444. The van der Waals surface area contributed by atoms with Gasteiger partial charge in [0.1, 0.15) is 29.7 Å². The summed E-state index contributed by atoms with van der Waals surface area (Å²) in [4.78, 5) is 76.0. The quantitative estimate of drug-likeness (QED) is 0.271. The predicted molar refractivity (Wildman–Crippen MR) is 216 cm³/mol. The number of halogens is 1. The van der Waals surface area contributed by atoms with E-state index in [-0.39, 0.29) is 58.9 Å². The summed E-state index contributed by atoms with van der Waals surface area (Å²) in [6.45, 7) is 12.5. The number of nitrogens with zero attached hydrogens (tertiary/aromatic N) is 6. The maximum absolute atomic E-state index is 13.8. The van der Waals surface area contributed by atoms with Gasteiger partial charge in [-0.15, -0.1) is 0 Å². The van der Waals surface area contributed by atoms with E-state index in [2.05, 4.69) is 71.8 Å². The van der Waals surface area contributed by atoms with Gasteiger partial charge in [-0.3, -0.25) is 39.1 Å². The van der Waals surface area contributed by atoms with Crippen molar-refractivity contribution in [1.82, 2.24) is 25.0 Å². The van der Waals surface area contributed by atoms with Crippen LogP contribution in [0.1, 0.15) is 101 Å². The molecule has 6 heterocycles. The summed E-state index contributed by atoms with van der Waals surface area (Å²) in [6.07, 6.45) is 3.51. The average molecular weight is 814 g/mol. The minimum absolute atomic E-state index is 0.0277. The summed E-state index contributed by atoms with van der Waals surface area (Å²) in [5.41, 5.74) is 3.30. The number of nitrogens with one attached hydrogen (secondary N) is 1. The first-order valence-corrected chi connectivity index (χ1v) is 20.6. The highest BCUT2D eigenvalue weighted by molar-refractivity contribution is 6.31. The number of piperidine rings is 2. The number of pyridine rings is 1. The van der Waals surface area contributed by atoms with E-state index < -0.39 is 29.7 Å². The van der Waals surface area contributed by atoms with Crippen molar-refractivity contribution >= 4 is 46.8 Å². The Morgan fingerprint density at radius 2 is 1.64 bits per heavy atom. The molecule has 0 bridgehead atoms. The SMILES string of the molecule is CC1(C)C(Oc2ccc(C#N)c(Cl)c2)C(C)(C)C1N1Cc2cc(C#CC3CCN(C4CN(c5cnc6c(c5)C(=O)N(C5CCC(=O)NC5=O)C6=O)C4)CC3)ccc2C1=O. The molecule has 9 rings (SSSR count). The Bertz CT molecular complexity index is 2440. The van der Waals surface area contributed by atoms with E-state index >= 15 is 0 Å². The number of hydrogen-bond donors (Lipinski definition) is 1. The van der Waals surface area contributed by atoms with E-state index in [4.69, 9.17) is 16.3 Å². The van der Waals surface area contributed by atoms with Crippen LogP contribution in [0.5, 0.6) is 5.75 Å². The van der Waals surface area contributed by atoms with Crippen LogP contribution in [-0.2, 0) is 16.1 Å². The minimum atomic E-state index is -1.02. The van der Waals surface area contributed by atoms with Crippen LogP contribution in [0.3, 0.4) is 0 Å². The molecular weight excluding hydrogens is 770 g/mol. The largest absolute Gasteiger partial charge is 0.489 e. The topological polar surface area (TPSA) is 156 Å². The van der Waals surface area contributed by atoms with E-state index in [0.29, 0.717) is 28.9 Å². The van der Waals surface area contributed by atoms with Gasteiger partial charge in [0.2, 0.25) is 11.8 Å². The third-order valence-electron chi connectivity index (χ3n) is 13.3.